The molecule has 1 aromatic heterocycles. The monoisotopic (exact) mass is 383 g/mol. The van der Waals surface area contributed by atoms with Crippen LogP contribution in [0.3, 0.4) is 0 Å². The van der Waals surface area contributed by atoms with Crippen LogP contribution in [0.4, 0.5) is 11.4 Å². The van der Waals surface area contributed by atoms with Crippen LogP contribution in [0.15, 0.2) is 60.9 Å². The van der Waals surface area contributed by atoms with Crippen LogP contribution >= 0.6 is 0 Å². The Morgan fingerprint density at radius 2 is 1.89 bits per heavy atom. The number of anilines is 2. The molecule has 1 aliphatic rings. The first-order valence-electron chi connectivity index (χ1n) is 8.36. The maximum atomic E-state index is 12.5. The number of rotatable bonds is 3. The fourth-order valence-electron chi connectivity index (χ4n) is 2.95. The molecule has 0 bridgehead atoms. The van der Waals surface area contributed by atoms with Crippen molar-refractivity contribution >= 4 is 38.1 Å². The molecule has 1 aliphatic heterocycles. The summed E-state index contributed by atoms with van der Waals surface area (Å²) in [5, 5.41) is 4.83. The molecular formula is C19H17N3O4S. The topological polar surface area (TPSA) is 88.6 Å². The number of nitrogens with one attached hydrogen (secondary N) is 1. The second-order valence-corrected chi connectivity index (χ2v) is 7.99. The van der Waals surface area contributed by atoms with Gasteiger partial charge in [0.15, 0.2) is 5.94 Å². The Morgan fingerprint density at radius 1 is 1.07 bits per heavy atom. The number of amides is 1. The minimum Gasteiger partial charge on any atom is -0.362 e. The number of hydrogen-bond donors (Lipinski definition) is 1. The number of aromatic nitrogens is 1. The lowest BCUT2D eigenvalue weighted by Gasteiger charge is -2.28. The smallest absolute Gasteiger partial charge is 0.259 e. The average molecular weight is 383 g/mol. The minimum atomic E-state index is -3.47. The molecule has 8 heteroatoms. The second-order valence-electron chi connectivity index (χ2n) is 6.15. The van der Waals surface area contributed by atoms with Crippen molar-refractivity contribution in [2.45, 2.75) is 0 Å². The summed E-state index contributed by atoms with van der Waals surface area (Å²) in [6.07, 6.45) is 3.46. The van der Waals surface area contributed by atoms with E-state index in [1.807, 2.05) is 24.3 Å². The lowest BCUT2D eigenvalue weighted by Crippen LogP contribution is -2.41. The first kappa shape index (κ1) is 17.4. The van der Waals surface area contributed by atoms with Gasteiger partial charge in [0.1, 0.15) is 0 Å². The Bertz CT molecular complexity index is 1100. The maximum Gasteiger partial charge on any atom is 0.259 e. The van der Waals surface area contributed by atoms with Crippen LogP contribution in [-0.2, 0) is 14.8 Å². The number of benzene rings is 2. The molecule has 1 N–H and O–H groups in total. The molecule has 0 aliphatic carbocycles. The summed E-state index contributed by atoms with van der Waals surface area (Å²) in [5.74, 6) is -0.591. The summed E-state index contributed by atoms with van der Waals surface area (Å²) >= 11 is 0. The van der Waals surface area contributed by atoms with E-state index in [0.29, 0.717) is 23.5 Å². The molecule has 2 aromatic carbocycles. The third kappa shape index (κ3) is 3.62. The minimum absolute atomic E-state index is 0.264. The lowest BCUT2D eigenvalue weighted by molar-refractivity contribution is 0.102. The number of nitrogens with zero attached hydrogens (tertiary/aromatic N) is 2. The molecule has 0 unspecified atom stereocenters. The normalized spacial score (nSPS) is 16.2. The number of carbonyl (C=O) groups is 1. The van der Waals surface area contributed by atoms with E-state index in [1.165, 1.54) is 4.31 Å². The predicted molar refractivity (Wildman–Crippen MR) is 103 cm³/mol. The molecule has 0 radical (unpaired) electrons. The van der Waals surface area contributed by atoms with Gasteiger partial charge in [-0.1, -0.05) is 6.07 Å². The van der Waals surface area contributed by atoms with Crippen LogP contribution in [0, 0.1) is 0 Å². The SMILES string of the molecule is O=C(Nc1ccc2cnccc2c1)c1ccc(N2CCOCS2(=O)=O)cc1. The molecule has 0 saturated carbocycles. The number of pyridine rings is 1. The number of carbonyl (C=O) groups excluding carboxylic acids is 1. The van der Waals surface area contributed by atoms with Crippen LogP contribution in [0.25, 0.3) is 10.8 Å². The molecule has 138 valence electrons. The third-order valence-corrected chi connectivity index (χ3v) is 5.85. The Balaban J connectivity index is 1.52. The molecule has 4 rings (SSSR count). The number of fused-ring (bicyclic) bond motifs is 1. The van der Waals surface area contributed by atoms with Crippen molar-refractivity contribution in [2.24, 2.45) is 0 Å². The molecular weight excluding hydrogens is 366 g/mol. The van der Waals surface area contributed by atoms with Gasteiger partial charge in [-0.3, -0.25) is 14.1 Å². The van der Waals surface area contributed by atoms with Gasteiger partial charge in [0.25, 0.3) is 15.9 Å². The highest BCUT2D eigenvalue weighted by molar-refractivity contribution is 7.92. The van der Waals surface area contributed by atoms with Gasteiger partial charge in [-0.15, -0.1) is 0 Å². The first-order valence-corrected chi connectivity index (χ1v) is 9.97. The van der Waals surface area contributed by atoms with E-state index in [2.05, 4.69) is 10.3 Å². The van der Waals surface area contributed by atoms with Crippen molar-refractivity contribution in [3.63, 3.8) is 0 Å². The fraction of sp³-hybridized carbons (Fsp3) is 0.158. The predicted octanol–water partition coefficient (Wildman–Crippen LogP) is 2.61. The molecule has 0 spiro atoms. The van der Waals surface area contributed by atoms with Crippen LogP contribution in [-0.4, -0.2) is 38.4 Å². The van der Waals surface area contributed by atoms with E-state index in [9.17, 15) is 13.2 Å². The molecule has 1 fully saturated rings. The second kappa shape index (κ2) is 6.98. The van der Waals surface area contributed by atoms with E-state index in [-0.39, 0.29) is 18.4 Å². The summed E-state index contributed by atoms with van der Waals surface area (Å²) in [7, 11) is -3.47. The van der Waals surface area contributed by atoms with Gasteiger partial charge in [-0.05, 0) is 47.9 Å². The molecule has 7 nitrogen and oxygen atoms in total. The largest absolute Gasteiger partial charge is 0.362 e. The molecule has 27 heavy (non-hydrogen) atoms. The van der Waals surface area contributed by atoms with Crippen molar-refractivity contribution in [1.29, 1.82) is 0 Å². The van der Waals surface area contributed by atoms with Crippen molar-refractivity contribution in [2.75, 3.05) is 28.7 Å². The summed E-state index contributed by atoms with van der Waals surface area (Å²) in [4.78, 5) is 16.6. The van der Waals surface area contributed by atoms with Gasteiger partial charge >= 0.3 is 0 Å². The standard InChI is InChI=1S/C19H17N3O4S/c23-19(21-17-4-1-16-12-20-8-7-15(16)11-17)14-2-5-18(6-3-14)22-9-10-26-13-27(22,24)25/h1-8,11-12H,9-10,13H2,(H,21,23). The molecule has 2 heterocycles. The molecule has 1 saturated heterocycles. The van der Waals surface area contributed by atoms with Crippen molar-refractivity contribution in [3.8, 4) is 0 Å². The van der Waals surface area contributed by atoms with E-state index >= 15 is 0 Å². The van der Waals surface area contributed by atoms with Crippen molar-refractivity contribution in [1.82, 2.24) is 4.98 Å². The lowest BCUT2D eigenvalue weighted by atomic mass is 10.1. The summed E-state index contributed by atoms with van der Waals surface area (Å²) in [6, 6.07) is 13.9. The Morgan fingerprint density at radius 3 is 2.67 bits per heavy atom. The van der Waals surface area contributed by atoms with E-state index in [1.54, 1.807) is 36.7 Å². The molecule has 1 amide bonds. The summed E-state index contributed by atoms with van der Waals surface area (Å²) in [6.45, 7) is 0.610. The van der Waals surface area contributed by atoms with Crippen LogP contribution in [0.5, 0.6) is 0 Å². The zero-order chi connectivity index (χ0) is 18.9. The zero-order valence-corrected chi connectivity index (χ0v) is 15.1. The average Bonchev–Trinajstić information content (AvgIpc) is 2.68. The van der Waals surface area contributed by atoms with E-state index in [0.717, 1.165) is 10.8 Å². The third-order valence-electron chi connectivity index (χ3n) is 4.32. The summed E-state index contributed by atoms with van der Waals surface area (Å²) < 4.78 is 30.4. The Labute approximate surface area is 156 Å². The highest BCUT2D eigenvalue weighted by Gasteiger charge is 2.26. The van der Waals surface area contributed by atoms with Gasteiger partial charge in [-0.25, -0.2) is 8.42 Å². The van der Waals surface area contributed by atoms with Crippen LogP contribution in [0.1, 0.15) is 10.4 Å². The quantitative estimate of drug-likeness (QED) is 0.751. The van der Waals surface area contributed by atoms with Gasteiger partial charge < -0.3 is 10.1 Å². The van der Waals surface area contributed by atoms with Crippen molar-refractivity contribution < 1.29 is 17.9 Å². The van der Waals surface area contributed by atoms with Crippen LogP contribution < -0.4 is 9.62 Å². The zero-order valence-electron chi connectivity index (χ0n) is 14.3. The molecule has 3 aromatic rings. The van der Waals surface area contributed by atoms with Gasteiger partial charge in [0, 0.05) is 29.0 Å². The van der Waals surface area contributed by atoms with Crippen LogP contribution in [0.2, 0.25) is 0 Å². The highest BCUT2D eigenvalue weighted by Crippen LogP contribution is 2.22. The number of ether oxygens (including phenoxy) is 1. The summed E-state index contributed by atoms with van der Waals surface area (Å²) in [5.41, 5.74) is 1.64. The first-order chi connectivity index (χ1) is 13.0. The number of sulfonamides is 1. The van der Waals surface area contributed by atoms with E-state index < -0.39 is 10.0 Å². The number of hydrogen-bond acceptors (Lipinski definition) is 5. The van der Waals surface area contributed by atoms with Gasteiger partial charge in [0.2, 0.25) is 0 Å². The fourth-order valence-corrected chi connectivity index (χ4v) is 4.20. The van der Waals surface area contributed by atoms with Crippen molar-refractivity contribution in [3.05, 3.63) is 66.5 Å². The highest BCUT2D eigenvalue weighted by atomic mass is 32.2. The molecule has 0 atom stereocenters. The van der Waals surface area contributed by atoms with E-state index in [4.69, 9.17) is 4.74 Å². The van der Waals surface area contributed by atoms with Gasteiger partial charge in [0.05, 0.1) is 18.8 Å². The van der Waals surface area contributed by atoms with Gasteiger partial charge in [-0.2, -0.15) is 0 Å². The maximum absolute atomic E-state index is 12.5. The Hall–Kier alpha value is -2.97. The Kier molecular flexibility index (Phi) is 4.51.